The zero-order valence-corrected chi connectivity index (χ0v) is 5.92. The van der Waals surface area contributed by atoms with E-state index in [9.17, 15) is 9.18 Å². The smallest absolute Gasteiger partial charge is 0.364 e. The Kier molecular flexibility index (Phi) is 9.29. The maximum absolute atomic E-state index is 11.0. The van der Waals surface area contributed by atoms with E-state index < -0.39 is 11.8 Å². The molecule has 1 N–H and O–H groups in total. The van der Waals surface area contributed by atoms with Crippen LogP contribution in [-0.2, 0) is 9.53 Å². The van der Waals surface area contributed by atoms with Crippen LogP contribution in [-0.4, -0.2) is 11.1 Å². The molecule has 0 aromatic heterocycles. The Balaban J connectivity index is 0. The van der Waals surface area contributed by atoms with Gasteiger partial charge in [-0.2, -0.15) is 4.39 Å². The van der Waals surface area contributed by atoms with Crippen LogP contribution in [0.1, 0.15) is 0 Å². The third kappa shape index (κ3) is 17.8. The highest BCUT2D eigenvalue weighted by Crippen LogP contribution is 1.86. The zero-order chi connectivity index (χ0) is 9.28. The van der Waals surface area contributed by atoms with Gasteiger partial charge in [0.05, 0.1) is 12.5 Å². The maximum atomic E-state index is 11.0. The van der Waals surface area contributed by atoms with Crippen LogP contribution in [0.2, 0.25) is 0 Å². The maximum Gasteiger partial charge on any atom is 0.364 e. The van der Waals surface area contributed by atoms with E-state index in [1.165, 1.54) is 12.5 Å². The van der Waals surface area contributed by atoms with Crippen molar-refractivity contribution in [2.24, 2.45) is 0 Å². The Hall–Kier alpha value is -1.58. The number of aliphatic carboxylic acids is 1. The lowest BCUT2D eigenvalue weighted by Crippen LogP contribution is -1.90. The number of carboxylic acid groups (broad SMARTS) is 1. The highest BCUT2D eigenvalue weighted by molar-refractivity contribution is 5.82. The molecule has 0 aliphatic rings. The van der Waals surface area contributed by atoms with Crippen LogP contribution in [0.3, 0.4) is 0 Å². The molecule has 0 spiro atoms. The Morgan fingerprint density at radius 2 is 1.73 bits per heavy atom. The first-order valence-corrected chi connectivity index (χ1v) is 2.51. The van der Waals surface area contributed by atoms with E-state index in [1.54, 1.807) is 0 Å². The Morgan fingerprint density at radius 3 is 1.73 bits per heavy atom. The number of halogens is 1. The second kappa shape index (κ2) is 8.42. The van der Waals surface area contributed by atoms with Crippen LogP contribution in [0.25, 0.3) is 0 Å². The molecule has 0 fully saturated rings. The molecule has 62 valence electrons. The normalized spacial score (nSPS) is 6.64. The van der Waals surface area contributed by atoms with E-state index in [0.717, 1.165) is 0 Å². The standard InChI is InChI=1S/C4H6O.C3H3FO2/c1-3-5-4-2;1-2(4)3(5)6/h3-4H,1-2H2;1H2,(H,5,6). The minimum absolute atomic E-state index is 1.31. The minimum atomic E-state index is -1.60. The quantitative estimate of drug-likeness (QED) is 0.506. The first kappa shape index (κ1) is 12.1. The van der Waals surface area contributed by atoms with Gasteiger partial charge in [-0.1, -0.05) is 19.7 Å². The zero-order valence-electron chi connectivity index (χ0n) is 5.92. The molecule has 0 saturated carbocycles. The van der Waals surface area contributed by atoms with Crippen molar-refractivity contribution in [3.8, 4) is 0 Å². The molecule has 3 nitrogen and oxygen atoms in total. The summed E-state index contributed by atoms with van der Waals surface area (Å²) >= 11 is 0. The van der Waals surface area contributed by atoms with Crippen molar-refractivity contribution in [2.45, 2.75) is 0 Å². The first-order chi connectivity index (χ1) is 5.06. The Bertz CT molecular complexity index is 145. The second-order valence-electron chi connectivity index (χ2n) is 1.18. The van der Waals surface area contributed by atoms with Gasteiger partial charge in [0.2, 0.25) is 5.83 Å². The lowest BCUT2D eigenvalue weighted by Gasteiger charge is -1.76. The predicted octanol–water partition coefficient (Wildman–Crippen LogP) is 1.84. The summed E-state index contributed by atoms with van der Waals surface area (Å²) in [5, 5.41) is 7.52. The summed E-state index contributed by atoms with van der Waals surface area (Å²) in [7, 11) is 0. The van der Waals surface area contributed by atoms with Crippen LogP contribution in [0.15, 0.2) is 38.1 Å². The monoisotopic (exact) mass is 160 g/mol. The fourth-order valence-corrected chi connectivity index (χ4v) is 0.0680. The summed E-state index contributed by atoms with van der Waals surface area (Å²) < 4.78 is 15.4. The van der Waals surface area contributed by atoms with Crippen molar-refractivity contribution >= 4 is 5.97 Å². The Morgan fingerprint density at radius 1 is 1.45 bits per heavy atom. The van der Waals surface area contributed by atoms with E-state index in [1.807, 2.05) is 0 Å². The van der Waals surface area contributed by atoms with Gasteiger partial charge < -0.3 is 9.84 Å². The van der Waals surface area contributed by atoms with Gasteiger partial charge in [0.25, 0.3) is 0 Å². The van der Waals surface area contributed by atoms with Crippen molar-refractivity contribution in [1.29, 1.82) is 0 Å². The molecule has 0 aliphatic carbocycles. The molecular weight excluding hydrogens is 151 g/mol. The number of rotatable bonds is 3. The molecule has 0 aromatic rings. The van der Waals surface area contributed by atoms with Crippen molar-refractivity contribution < 1.29 is 19.0 Å². The summed E-state index contributed by atoms with van der Waals surface area (Å²) in [6, 6.07) is 0. The lowest BCUT2D eigenvalue weighted by molar-refractivity contribution is -0.134. The van der Waals surface area contributed by atoms with Crippen LogP contribution in [0, 0.1) is 0 Å². The number of ether oxygens (including phenoxy) is 1. The van der Waals surface area contributed by atoms with E-state index >= 15 is 0 Å². The topological polar surface area (TPSA) is 46.5 Å². The van der Waals surface area contributed by atoms with Gasteiger partial charge in [-0.05, 0) is 0 Å². The molecule has 0 unspecified atom stereocenters. The molecule has 0 aliphatic heterocycles. The highest BCUT2D eigenvalue weighted by Gasteiger charge is 1.96. The lowest BCUT2D eigenvalue weighted by atomic mass is 10.6. The molecule has 0 radical (unpaired) electrons. The SMILES string of the molecule is C=C(F)C(=O)O.C=COC=C. The van der Waals surface area contributed by atoms with Gasteiger partial charge in [0, 0.05) is 0 Å². The molecule has 11 heavy (non-hydrogen) atoms. The summed E-state index contributed by atoms with van der Waals surface area (Å²) in [5.41, 5.74) is 0. The van der Waals surface area contributed by atoms with E-state index in [4.69, 9.17) is 5.11 Å². The molecule has 0 rings (SSSR count). The van der Waals surface area contributed by atoms with Gasteiger partial charge in [-0.3, -0.25) is 0 Å². The summed E-state index contributed by atoms with van der Waals surface area (Å²) in [4.78, 5) is 9.22. The van der Waals surface area contributed by atoms with Crippen LogP contribution in [0.4, 0.5) is 4.39 Å². The van der Waals surface area contributed by atoms with Gasteiger partial charge >= 0.3 is 5.97 Å². The average Bonchev–Trinajstić information content (AvgIpc) is 1.90. The van der Waals surface area contributed by atoms with Gasteiger partial charge in [-0.25, -0.2) is 4.79 Å². The van der Waals surface area contributed by atoms with Crippen LogP contribution < -0.4 is 0 Å². The molecule has 0 heterocycles. The number of hydrogen-bond acceptors (Lipinski definition) is 2. The summed E-state index contributed by atoms with van der Waals surface area (Å²) in [6.45, 7) is 9.00. The average molecular weight is 160 g/mol. The largest absolute Gasteiger partial charge is 0.476 e. The van der Waals surface area contributed by atoms with Gasteiger partial charge in [0.1, 0.15) is 0 Å². The van der Waals surface area contributed by atoms with Crippen molar-refractivity contribution in [1.82, 2.24) is 0 Å². The number of carbonyl (C=O) groups is 1. The molecule has 0 aromatic carbocycles. The molecular formula is C7H9FO3. The summed E-state index contributed by atoms with van der Waals surface area (Å²) in [6.07, 6.45) is 2.62. The van der Waals surface area contributed by atoms with Crippen molar-refractivity contribution in [3.05, 3.63) is 38.1 Å². The Labute approximate surface area is 64.1 Å². The molecule has 0 atom stereocenters. The predicted molar refractivity (Wildman–Crippen MR) is 39.4 cm³/mol. The molecule has 0 bridgehead atoms. The molecule has 0 saturated heterocycles. The van der Waals surface area contributed by atoms with E-state index in [-0.39, 0.29) is 0 Å². The third-order valence-corrected chi connectivity index (χ3v) is 0.425. The highest BCUT2D eigenvalue weighted by atomic mass is 19.1. The van der Waals surface area contributed by atoms with E-state index in [0.29, 0.717) is 0 Å². The van der Waals surface area contributed by atoms with Crippen molar-refractivity contribution in [2.75, 3.05) is 0 Å². The summed E-state index contributed by atoms with van der Waals surface area (Å²) in [5.74, 6) is -2.93. The fraction of sp³-hybridized carbons (Fsp3) is 0. The van der Waals surface area contributed by atoms with Crippen LogP contribution >= 0.6 is 0 Å². The van der Waals surface area contributed by atoms with Gasteiger partial charge in [-0.15, -0.1) is 0 Å². The molecule has 0 amide bonds. The first-order valence-electron chi connectivity index (χ1n) is 2.51. The van der Waals surface area contributed by atoms with E-state index in [2.05, 4.69) is 24.5 Å². The molecule has 4 heteroatoms. The fourth-order valence-electron chi connectivity index (χ4n) is 0.0680. The number of carboxylic acids is 1. The van der Waals surface area contributed by atoms with Crippen LogP contribution in [0.5, 0.6) is 0 Å². The number of hydrogen-bond donors (Lipinski definition) is 1. The van der Waals surface area contributed by atoms with Crippen molar-refractivity contribution in [3.63, 3.8) is 0 Å². The minimum Gasteiger partial charge on any atom is -0.476 e. The second-order valence-corrected chi connectivity index (χ2v) is 1.18. The third-order valence-electron chi connectivity index (χ3n) is 0.425. The van der Waals surface area contributed by atoms with Gasteiger partial charge in [0.15, 0.2) is 0 Å².